The summed E-state index contributed by atoms with van der Waals surface area (Å²) >= 11 is 3.56. The van der Waals surface area contributed by atoms with Crippen molar-refractivity contribution in [2.45, 2.75) is 39.7 Å². The minimum absolute atomic E-state index is 0.0808. The van der Waals surface area contributed by atoms with Crippen molar-refractivity contribution in [1.82, 2.24) is 9.97 Å². The van der Waals surface area contributed by atoms with Crippen LogP contribution in [0, 0.1) is 5.92 Å². The van der Waals surface area contributed by atoms with Gasteiger partial charge in [-0.3, -0.25) is 0 Å². The Balaban J connectivity index is 3.33. The third-order valence-corrected chi connectivity index (χ3v) is 3.57. The zero-order valence-electron chi connectivity index (χ0n) is 11.9. The number of halogens is 1. The monoisotopic (exact) mass is 315 g/mol. The summed E-state index contributed by atoms with van der Waals surface area (Å²) in [6.45, 7) is 8.45. The Hall–Kier alpha value is -0.680. The van der Waals surface area contributed by atoms with Gasteiger partial charge in [-0.25, -0.2) is 9.97 Å². The molecule has 5 heteroatoms. The van der Waals surface area contributed by atoms with E-state index in [1.165, 1.54) is 0 Å². The van der Waals surface area contributed by atoms with Gasteiger partial charge in [0, 0.05) is 14.2 Å². The molecule has 18 heavy (non-hydrogen) atoms. The van der Waals surface area contributed by atoms with Gasteiger partial charge >= 0.3 is 0 Å². The predicted molar refractivity (Wildman–Crippen MR) is 78.0 cm³/mol. The Morgan fingerprint density at radius 2 is 1.78 bits per heavy atom. The first kappa shape index (κ1) is 15.4. The fraction of sp³-hybridized carbons (Fsp3) is 0.692. The SMILES string of the molecule is CNc1nc(C(OC)C(C)C)nc(C(C)C)c1Br. The number of hydrogen-bond acceptors (Lipinski definition) is 4. The largest absolute Gasteiger partial charge is 0.373 e. The zero-order valence-corrected chi connectivity index (χ0v) is 13.5. The fourth-order valence-corrected chi connectivity index (χ4v) is 2.67. The van der Waals surface area contributed by atoms with Gasteiger partial charge in [-0.1, -0.05) is 27.7 Å². The highest BCUT2D eigenvalue weighted by molar-refractivity contribution is 9.10. The molecule has 0 aliphatic heterocycles. The van der Waals surface area contributed by atoms with Gasteiger partial charge in [0.1, 0.15) is 11.9 Å². The molecule has 0 aliphatic rings. The van der Waals surface area contributed by atoms with Crippen LogP contribution in [0.25, 0.3) is 0 Å². The number of ether oxygens (including phenoxy) is 1. The van der Waals surface area contributed by atoms with Crippen LogP contribution in [0.5, 0.6) is 0 Å². The van der Waals surface area contributed by atoms with E-state index in [1.54, 1.807) is 7.11 Å². The van der Waals surface area contributed by atoms with E-state index in [0.29, 0.717) is 11.8 Å². The van der Waals surface area contributed by atoms with E-state index < -0.39 is 0 Å². The second-order valence-electron chi connectivity index (χ2n) is 4.93. The van der Waals surface area contributed by atoms with Gasteiger partial charge in [0.15, 0.2) is 5.82 Å². The topological polar surface area (TPSA) is 47.0 Å². The number of hydrogen-bond donors (Lipinski definition) is 1. The van der Waals surface area contributed by atoms with Gasteiger partial charge in [0.2, 0.25) is 0 Å². The van der Waals surface area contributed by atoms with Crippen molar-refractivity contribution in [3.63, 3.8) is 0 Å². The molecule has 0 saturated carbocycles. The molecule has 4 nitrogen and oxygen atoms in total. The summed E-state index contributed by atoms with van der Waals surface area (Å²) in [4.78, 5) is 9.18. The first-order chi connectivity index (χ1) is 8.42. The maximum absolute atomic E-state index is 5.50. The van der Waals surface area contributed by atoms with Crippen LogP contribution in [0.3, 0.4) is 0 Å². The lowest BCUT2D eigenvalue weighted by atomic mass is 10.1. The van der Waals surface area contributed by atoms with Gasteiger partial charge in [0.25, 0.3) is 0 Å². The van der Waals surface area contributed by atoms with Crippen LogP contribution in [0.15, 0.2) is 4.47 Å². The van der Waals surface area contributed by atoms with Crippen molar-refractivity contribution >= 4 is 21.7 Å². The minimum Gasteiger partial charge on any atom is -0.373 e. The Kier molecular flexibility index (Phi) is 5.53. The molecule has 102 valence electrons. The molecule has 1 N–H and O–H groups in total. The molecule has 1 rings (SSSR count). The molecule has 0 aliphatic carbocycles. The quantitative estimate of drug-likeness (QED) is 0.899. The molecular weight excluding hydrogens is 294 g/mol. The number of nitrogens with zero attached hydrogens (tertiary/aromatic N) is 2. The van der Waals surface area contributed by atoms with Crippen LogP contribution >= 0.6 is 15.9 Å². The molecule has 0 amide bonds. The molecule has 0 spiro atoms. The molecule has 0 fully saturated rings. The summed E-state index contributed by atoms with van der Waals surface area (Å²) in [7, 11) is 3.56. The maximum Gasteiger partial charge on any atom is 0.160 e. The smallest absolute Gasteiger partial charge is 0.160 e. The highest BCUT2D eigenvalue weighted by Crippen LogP contribution is 2.32. The predicted octanol–water partition coefficient (Wildman–Crippen LogP) is 3.75. The normalized spacial score (nSPS) is 13.2. The molecular formula is C13H22BrN3O. The molecule has 0 aromatic carbocycles. The van der Waals surface area contributed by atoms with Crippen molar-refractivity contribution < 1.29 is 4.74 Å². The van der Waals surface area contributed by atoms with Gasteiger partial charge in [-0.2, -0.15) is 0 Å². The third kappa shape index (κ3) is 3.20. The number of methoxy groups -OCH3 is 1. The molecule has 0 saturated heterocycles. The van der Waals surface area contributed by atoms with Gasteiger partial charge in [-0.05, 0) is 27.8 Å². The Bertz CT molecular complexity index is 407. The molecule has 1 atom stereocenters. The average molecular weight is 316 g/mol. The lowest BCUT2D eigenvalue weighted by Crippen LogP contribution is -2.16. The van der Waals surface area contributed by atoms with Crippen molar-refractivity contribution in [3.8, 4) is 0 Å². The van der Waals surface area contributed by atoms with E-state index in [2.05, 4.69) is 58.9 Å². The highest BCUT2D eigenvalue weighted by Gasteiger charge is 2.22. The lowest BCUT2D eigenvalue weighted by Gasteiger charge is -2.21. The summed E-state index contributed by atoms with van der Waals surface area (Å²) in [5, 5.41) is 3.10. The van der Waals surface area contributed by atoms with E-state index in [0.717, 1.165) is 21.8 Å². The third-order valence-electron chi connectivity index (χ3n) is 2.79. The first-order valence-corrected chi connectivity index (χ1v) is 6.99. The fourth-order valence-electron chi connectivity index (χ4n) is 1.83. The van der Waals surface area contributed by atoms with Crippen LogP contribution in [0.2, 0.25) is 0 Å². The van der Waals surface area contributed by atoms with Crippen molar-refractivity contribution in [2.75, 3.05) is 19.5 Å². The zero-order chi connectivity index (χ0) is 13.9. The number of aromatic nitrogens is 2. The van der Waals surface area contributed by atoms with E-state index >= 15 is 0 Å². The molecule has 1 aromatic rings. The van der Waals surface area contributed by atoms with Gasteiger partial charge < -0.3 is 10.1 Å². The van der Waals surface area contributed by atoms with Crippen LogP contribution in [0.1, 0.15) is 51.2 Å². The number of nitrogens with one attached hydrogen (secondary N) is 1. The van der Waals surface area contributed by atoms with Crippen molar-refractivity contribution in [3.05, 3.63) is 16.0 Å². The van der Waals surface area contributed by atoms with Crippen LogP contribution in [0.4, 0.5) is 5.82 Å². The van der Waals surface area contributed by atoms with E-state index in [4.69, 9.17) is 4.74 Å². The Morgan fingerprint density at radius 1 is 1.17 bits per heavy atom. The van der Waals surface area contributed by atoms with Crippen LogP contribution in [-0.4, -0.2) is 24.1 Å². The van der Waals surface area contributed by atoms with Crippen LogP contribution < -0.4 is 5.32 Å². The summed E-state index contributed by atoms with van der Waals surface area (Å²) in [5.74, 6) is 2.22. The molecule has 1 heterocycles. The average Bonchev–Trinajstić information content (AvgIpc) is 2.30. The molecule has 1 unspecified atom stereocenters. The van der Waals surface area contributed by atoms with Gasteiger partial charge in [0.05, 0.1) is 10.2 Å². The summed E-state index contributed by atoms with van der Waals surface area (Å²) in [6, 6.07) is 0. The van der Waals surface area contributed by atoms with Crippen molar-refractivity contribution in [2.24, 2.45) is 5.92 Å². The summed E-state index contributed by atoms with van der Waals surface area (Å²) in [6.07, 6.45) is -0.0808. The van der Waals surface area contributed by atoms with Gasteiger partial charge in [-0.15, -0.1) is 0 Å². The van der Waals surface area contributed by atoms with E-state index in [1.807, 2.05) is 7.05 Å². The van der Waals surface area contributed by atoms with E-state index in [-0.39, 0.29) is 6.10 Å². The summed E-state index contributed by atoms with van der Waals surface area (Å²) < 4.78 is 6.44. The Labute approximate surface area is 118 Å². The lowest BCUT2D eigenvalue weighted by molar-refractivity contribution is 0.0573. The van der Waals surface area contributed by atoms with Crippen LogP contribution in [-0.2, 0) is 4.74 Å². The standard InChI is InChI=1S/C13H22BrN3O/c1-7(2)10-9(14)12(15-5)17-13(16-10)11(18-6)8(3)4/h7-8,11H,1-6H3,(H,15,16,17). The second kappa shape index (κ2) is 6.48. The van der Waals surface area contributed by atoms with Crippen molar-refractivity contribution in [1.29, 1.82) is 0 Å². The first-order valence-electron chi connectivity index (χ1n) is 6.20. The molecule has 0 bridgehead atoms. The molecule has 1 aromatic heterocycles. The van der Waals surface area contributed by atoms with E-state index in [9.17, 15) is 0 Å². The number of anilines is 1. The highest BCUT2D eigenvalue weighted by atomic mass is 79.9. The summed E-state index contributed by atoms with van der Waals surface area (Å²) in [5.41, 5.74) is 1.01. The molecule has 0 radical (unpaired) electrons. The maximum atomic E-state index is 5.50. The minimum atomic E-state index is -0.0808. The second-order valence-corrected chi connectivity index (χ2v) is 5.73. The number of rotatable bonds is 5. The Morgan fingerprint density at radius 3 is 2.17 bits per heavy atom.